The summed E-state index contributed by atoms with van der Waals surface area (Å²) in [6.45, 7) is 1.46. The summed E-state index contributed by atoms with van der Waals surface area (Å²) in [5.74, 6) is -2.02. The van der Waals surface area contributed by atoms with Crippen LogP contribution in [0.2, 0.25) is 0 Å². The number of benzene rings is 2. The highest BCUT2D eigenvalue weighted by atomic mass is 16.2. The van der Waals surface area contributed by atoms with Gasteiger partial charge in [-0.3, -0.25) is 19.2 Å². The number of aliphatic imine (C=N–C) groups is 1. The van der Waals surface area contributed by atoms with E-state index in [1.165, 1.54) is 13.0 Å². The molecule has 0 radical (unpaired) electrons. The highest BCUT2D eigenvalue weighted by Crippen LogP contribution is 2.35. The number of nitrogens with zero attached hydrogens (tertiary/aromatic N) is 1. The molecule has 2 aromatic rings. The molecule has 1 saturated carbocycles. The fourth-order valence-electron chi connectivity index (χ4n) is 3.86. The molecule has 0 aromatic heterocycles. The molecule has 0 bridgehead atoms. The predicted molar refractivity (Wildman–Crippen MR) is 113 cm³/mol. The van der Waals surface area contributed by atoms with Crippen LogP contribution in [0.25, 0.3) is 0 Å². The lowest BCUT2D eigenvalue weighted by Gasteiger charge is -2.30. The van der Waals surface area contributed by atoms with E-state index in [9.17, 15) is 19.2 Å². The zero-order valence-corrected chi connectivity index (χ0v) is 16.4. The molecule has 1 N–H and O–H groups in total. The molecule has 150 valence electrons. The molecule has 1 aliphatic carbocycles. The van der Waals surface area contributed by atoms with Gasteiger partial charge in [-0.05, 0) is 55.2 Å². The minimum Gasteiger partial charge on any atom is -0.322 e. The normalized spacial score (nSPS) is 20.7. The van der Waals surface area contributed by atoms with E-state index in [1.54, 1.807) is 24.3 Å². The third-order valence-corrected chi connectivity index (χ3v) is 5.48. The van der Waals surface area contributed by atoms with Gasteiger partial charge < -0.3 is 5.32 Å². The molecule has 0 spiro atoms. The maximum Gasteiger partial charge on any atom is 0.282 e. The maximum atomic E-state index is 12.7. The summed E-state index contributed by atoms with van der Waals surface area (Å²) in [6, 6.07) is 16.1. The molecule has 2 atom stereocenters. The summed E-state index contributed by atoms with van der Waals surface area (Å²) in [6.07, 6.45) is 2.30. The summed E-state index contributed by atoms with van der Waals surface area (Å²) >= 11 is 0. The van der Waals surface area contributed by atoms with E-state index in [0.29, 0.717) is 29.8 Å². The number of ketones is 2. The Morgan fingerprint density at radius 3 is 2.33 bits per heavy atom. The number of anilines is 1. The van der Waals surface area contributed by atoms with Crippen LogP contribution in [0.3, 0.4) is 0 Å². The van der Waals surface area contributed by atoms with Crippen molar-refractivity contribution in [3.63, 3.8) is 0 Å². The van der Waals surface area contributed by atoms with Gasteiger partial charge in [0.2, 0.25) is 0 Å². The third kappa shape index (κ3) is 3.89. The molecule has 2 aromatic carbocycles. The second kappa shape index (κ2) is 7.99. The topological polar surface area (TPSA) is 92.7 Å². The molecule has 1 fully saturated rings. The van der Waals surface area contributed by atoms with Crippen LogP contribution in [0.1, 0.15) is 41.6 Å². The second-order valence-corrected chi connectivity index (χ2v) is 7.54. The van der Waals surface area contributed by atoms with Crippen LogP contribution < -0.4 is 5.32 Å². The highest BCUT2D eigenvalue weighted by molar-refractivity contribution is 6.29. The summed E-state index contributed by atoms with van der Waals surface area (Å²) in [5, 5.41) is 2.63. The van der Waals surface area contributed by atoms with Crippen LogP contribution in [0.5, 0.6) is 0 Å². The van der Waals surface area contributed by atoms with Crippen molar-refractivity contribution in [2.75, 3.05) is 5.32 Å². The number of amides is 2. The molecule has 2 unspecified atom stereocenters. The van der Waals surface area contributed by atoms with Gasteiger partial charge in [-0.2, -0.15) is 0 Å². The van der Waals surface area contributed by atoms with E-state index in [1.807, 2.05) is 30.3 Å². The minimum absolute atomic E-state index is 0.00920. The standard InChI is InChI=1S/C24H20N2O4/c1-14(27)15-7-9-18(10-8-15)25-23(29)20-13-19-21(26-24(20)30)11-17(12-22(19)28)16-5-3-2-4-6-16/h2-10,13,17,19H,11-12H2,1H3,(H,25,29). The zero-order valence-electron chi connectivity index (χ0n) is 16.4. The van der Waals surface area contributed by atoms with Crippen molar-refractivity contribution in [3.05, 3.63) is 77.4 Å². The van der Waals surface area contributed by atoms with Gasteiger partial charge in [-0.25, -0.2) is 4.99 Å². The van der Waals surface area contributed by atoms with Gasteiger partial charge in [-0.15, -0.1) is 0 Å². The quantitative estimate of drug-likeness (QED) is 0.628. The number of hydrogen-bond donors (Lipinski definition) is 1. The number of rotatable bonds is 4. The van der Waals surface area contributed by atoms with Crippen molar-refractivity contribution in [3.8, 4) is 0 Å². The van der Waals surface area contributed by atoms with E-state index >= 15 is 0 Å². The number of hydrogen-bond acceptors (Lipinski definition) is 4. The molecule has 4 rings (SSSR count). The van der Waals surface area contributed by atoms with Crippen molar-refractivity contribution in [1.82, 2.24) is 0 Å². The summed E-state index contributed by atoms with van der Waals surface area (Å²) in [4.78, 5) is 53.3. The molecule has 1 heterocycles. The van der Waals surface area contributed by atoms with Crippen LogP contribution in [0.15, 0.2) is 71.2 Å². The Morgan fingerprint density at radius 1 is 0.967 bits per heavy atom. The monoisotopic (exact) mass is 400 g/mol. The van der Waals surface area contributed by atoms with Gasteiger partial charge in [-0.1, -0.05) is 30.3 Å². The Hall–Kier alpha value is -3.67. The van der Waals surface area contributed by atoms with Crippen LogP contribution in [0.4, 0.5) is 5.69 Å². The first kappa shape index (κ1) is 19.6. The molecule has 1 aliphatic heterocycles. The first-order valence-corrected chi connectivity index (χ1v) is 9.76. The van der Waals surface area contributed by atoms with Crippen LogP contribution in [0, 0.1) is 5.92 Å². The van der Waals surface area contributed by atoms with E-state index in [0.717, 1.165) is 5.56 Å². The van der Waals surface area contributed by atoms with Crippen molar-refractivity contribution in [2.24, 2.45) is 10.9 Å². The zero-order chi connectivity index (χ0) is 21.3. The highest BCUT2D eigenvalue weighted by Gasteiger charge is 2.38. The van der Waals surface area contributed by atoms with Gasteiger partial charge in [0, 0.05) is 23.4 Å². The van der Waals surface area contributed by atoms with Crippen molar-refractivity contribution in [1.29, 1.82) is 0 Å². The molecule has 30 heavy (non-hydrogen) atoms. The second-order valence-electron chi connectivity index (χ2n) is 7.54. The Morgan fingerprint density at radius 2 is 1.67 bits per heavy atom. The smallest absolute Gasteiger partial charge is 0.282 e. The number of dihydropyridines is 1. The fraction of sp³-hybridized carbons (Fsp3) is 0.208. The van der Waals surface area contributed by atoms with E-state index < -0.39 is 17.7 Å². The van der Waals surface area contributed by atoms with Crippen molar-refractivity contribution < 1.29 is 19.2 Å². The Labute approximate surface area is 173 Å². The van der Waals surface area contributed by atoms with Gasteiger partial charge >= 0.3 is 0 Å². The number of fused-ring (bicyclic) bond motifs is 1. The summed E-state index contributed by atoms with van der Waals surface area (Å²) in [5.41, 5.74) is 2.41. The van der Waals surface area contributed by atoms with Gasteiger partial charge in [0.1, 0.15) is 11.4 Å². The molecule has 2 amide bonds. The lowest BCUT2D eigenvalue weighted by atomic mass is 9.75. The first-order valence-electron chi connectivity index (χ1n) is 9.76. The summed E-state index contributed by atoms with van der Waals surface area (Å²) in [7, 11) is 0. The van der Waals surface area contributed by atoms with E-state index in [4.69, 9.17) is 0 Å². The average molecular weight is 400 g/mol. The lowest BCUT2D eigenvalue weighted by Crippen LogP contribution is -2.36. The molecule has 0 saturated heterocycles. The van der Waals surface area contributed by atoms with Crippen molar-refractivity contribution in [2.45, 2.75) is 25.7 Å². The largest absolute Gasteiger partial charge is 0.322 e. The third-order valence-electron chi connectivity index (χ3n) is 5.48. The predicted octanol–water partition coefficient (Wildman–Crippen LogP) is 3.50. The average Bonchev–Trinajstić information content (AvgIpc) is 2.74. The van der Waals surface area contributed by atoms with E-state index in [2.05, 4.69) is 10.3 Å². The first-order chi connectivity index (χ1) is 14.4. The molecule has 6 nitrogen and oxygen atoms in total. The maximum absolute atomic E-state index is 12.7. The summed E-state index contributed by atoms with van der Waals surface area (Å²) < 4.78 is 0. The molecular formula is C24H20N2O4. The van der Waals surface area contributed by atoms with Crippen LogP contribution in [-0.2, 0) is 14.4 Å². The van der Waals surface area contributed by atoms with Gasteiger partial charge in [0.25, 0.3) is 11.8 Å². The lowest BCUT2D eigenvalue weighted by molar-refractivity contribution is -0.121. The Kier molecular flexibility index (Phi) is 5.23. The van der Waals surface area contributed by atoms with Gasteiger partial charge in [0.15, 0.2) is 5.78 Å². The number of Topliss-reactive ketones (excluding diaryl/α,β-unsaturated/α-hetero) is 2. The molecule has 2 aliphatic rings. The number of carbonyl (C=O) groups is 4. The Balaban J connectivity index is 1.51. The number of allylic oxidation sites excluding steroid dienone is 1. The SMILES string of the molecule is CC(=O)c1ccc(NC(=O)C2=CC3C(=O)CC(c4ccccc4)CC3=NC2=O)cc1. The fourth-order valence-corrected chi connectivity index (χ4v) is 3.86. The molecule has 6 heteroatoms. The number of nitrogens with one attached hydrogen (secondary N) is 1. The van der Waals surface area contributed by atoms with Gasteiger partial charge in [0.05, 0.1) is 5.92 Å². The van der Waals surface area contributed by atoms with Crippen LogP contribution >= 0.6 is 0 Å². The van der Waals surface area contributed by atoms with E-state index in [-0.39, 0.29) is 23.1 Å². The van der Waals surface area contributed by atoms with Crippen LogP contribution in [-0.4, -0.2) is 29.1 Å². The van der Waals surface area contributed by atoms with Crippen molar-refractivity contribution >= 4 is 34.8 Å². The minimum atomic E-state index is -0.638. The number of carbonyl (C=O) groups excluding carboxylic acids is 4. The molecular weight excluding hydrogens is 380 g/mol. The Bertz CT molecular complexity index is 1100.